The highest BCUT2D eigenvalue weighted by atomic mass is 16.7. The van der Waals surface area contributed by atoms with E-state index in [1.165, 1.54) is 5.57 Å². The van der Waals surface area contributed by atoms with E-state index in [0.717, 1.165) is 51.4 Å². The number of hydrogen-bond donors (Lipinski definition) is 6. The number of rotatable bonds is 7. The lowest BCUT2D eigenvalue weighted by atomic mass is 9.35. The molecule has 15 atom stereocenters. The van der Waals surface area contributed by atoms with Gasteiger partial charge in [0.2, 0.25) is 0 Å². The van der Waals surface area contributed by atoms with E-state index in [4.69, 9.17) is 9.47 Å². The first kappa shape index (κ1) is 34.7. The van der Waals surface area contributed by atoms with Gasteiger partial charge in [-0.05, 0) is 124 Å². The van der Waals surface area contributed by atoms with Crippen LogP contribution >= 0.6 is 0 Å². The number of aliphatic hydroxyl groups excluding tert-OH is 5. The minimum atomic E-state index is -1.46. The molecule has 6 N–H and O–H groups in total. The molecule has 2 unspecified atom stereocenters. The molecule has 1 aliphatic heterocycles. The van der Waals surface area contributed by atoms with Crippen molar-refractivity contribution in [2.45, 2.75) is 162 Å². The summed E-state index contributed by atoms with van der Waals surface area (Å²) in [6, 6.07) is 0. The smallest absolute Gasteiger partial charge is 0.186 e. The highest BCUT2D eigenvalue weighted by Gasteiger charge is 2.71. The van der Waals surface area contributed by atoms with Gasteiger partial charge in [0, 0.05) is 0 Å². The Morgan fingerprint density at radius 1 is 0.886 bits per heavy atom. The summed E-state index contributed by atoms with van der Waals surface area (Å²) in [6.45, 7) is 17.5. The van der Waals surface area contributed by atoms with Gasteiger partial charge < -0.3 is 40.1 Å². The summed E-state index contributed by atoms with van der Waals surface area (Å²) < 4.78 is 12.2. The Hall–Kier alpha value is -0.580. The first-order valence-electron chi connectivity index (χ1n) is 17.3. The molecular formula is C36H62O8. The molecule has 0 amide bonds. The molecule has 0 aromatic carbocycles. The third-order valence-corrected chi connectivity index (χ3v) is 14.5. The second-order valence-electron chi connectivity index (χ2n) is 17.3. The van der Waals surface area contributed by atoms with Crippen molar-refractivity contribution in [1.82, 2.24) is 0 Å². The first-order chi connectivity index (χ1) is 20.3. The van der Waals surface area contributed by atoms with E-state index in [1.807, 2.05) is 6.92 Å². The van der Waals surface area contributed by atoms with Gasteiger partial charge in [-0.2, -0.15) is 0 Å². The van der Waals surface area contributed by atoms with Crippen molar-refractivity contribution in [1.29, 1.82) is 0 Å². The van der Waals surface area contributed by atoms with E-state index in [1.54, 1.807) is 0 Å². The topological polar surface area (TPSA) is 140 Å². The lowest BCUT2D eigenvalue weighted by molar-refractivity contribution is -0.332. The number of allylic oxidation sites excluding steroid dienone is 2. The van der Waals surface area contributed by atoms with E-state index in [0.29, 0.717) is 18.3 Å². The largest absolute Gasteiger partial charge is 0.394 e. The summed E-state index contributed by atoms with van der Waals surface area (Å²) >= 11 is 0. The molecule has 44 heavy (non-hydrogen) atoms. The van der Waals surface area contributed by atoms with Crippen molar-refractivity contribution in [2.75, 3.05) is 6.61 Å². The van der Waals surface area contributed by atoms with Crippen LogP contribution in [0.2, 0.25) is 0 Å². The van der Waals surface area contributed by atoms with E-state index in [2.05, 4.69) is 54.5 Å². The molecule has 0 radical (unpaired) electrons. The van der Waals surface area contributed by atoms with Gasteiger partial charge in [-0.1, -0.05) is 46.3 Å². The van der Waals surface area contributed by atoms with Crippen molar-refractivity contribution in [3.8, 4) is 0 Å². The Morgan fingerprint density at radius 2 is 1.55 bits per heavy atom. The quantitative estimate of drug-likeness (QED) is 0.182. The van der Waals surface area contributed by atoms with E-state index < -0.39 is 49.0 Å². The summed E-state index contributed by atoms with van der Waals surface area (Å²) in [5, 5.41) is 64.8. The van der Waals surface area contributed by atoms with Crippen molar-refractivity contribution >= 4 is 0 Å². The molecule has 8 heteroatoms. The molecule has 8 nitrogen and oxygen atoms in total. The van der Waals surface area contributed by atoms with Crippen LogP contribution in [-0.4, -0.2) is 85.8 Å². The van der Waals surface area contributed by atoms with E-state index >= 15 is 0 Å². The summed E-state index contributed by atoms with van der Waals surface area (Å²) in [7, 11) is 0. The normalized spacial score (nSPS) is 51.5. The second-order valence-corrected chi connectivity index (χ2v) is 17.3. The predicted molar refractivity (Wildman–Crippen MR) is 168 cm³/mol. The maximum atomic E-state index is 12.0. The van der Waals surface area contributed by atoms with E-state index in [-0.39, 0.29) is 39.6 Å². The molecule has 5 fully saturated rings. The van der Waals surface area contributed by atoms with E-state index in [9.17, 15) is 30.6 Å². The van der Waals surface area contributed by atoms with Gasteiger partial charge in [-0.3, -0.25) is 0 Å². The average Bonchev–Trinajstić information content (AvgIpc) is 3.32. The van der Waals surface area contributed by atoms with Crippen molar-refractivity contribution in [3.63, 3.8) is 0 Å². The zero-order valence-corrected chi connectivity index (χ0v) is 28.5. The molecule has 0 spiro atoms. The Bertz CT molecular complexity index is 1070. The Kier molecular flexibility index (Phi) is 9.35. The zero-order valence-electron chi connectivity index (χ0n) is 28.5. The molecule has 0 bridgehead atoms. The van der Waals surface area contributed by atoms with Crippen LogP contribution in [0.5, 0.6) is 0 Å². The van der Waals surface area contributed by atoms with Crippen LogP contribution < -0.4 is 0 Å². The lowest BCUT2D eigenvalue weighted by Gasteiger charge is -2.70. The van der Waals surface area contributed by atoms with Gasteiger partial charge in [0.1, 0.15) is 24.4 Å². The molecule has 0 aromatic heterocycles. The molecule has 1 heterocycles. The number of ether oxygens (including phenoxy) is 2. The predicted octanol–water partition coefficient (Wildman–Crippen LogP) is 4.32. The first-order valence-corrected chi connectivity index (χ1v) is 17.3. The molecule has 5 aliphatic rings. The molecule has 1 saturated heterocycles. The minimum Gasteiger partial charge on any atom is -0.394 e. The zero-order chi connectivity index (χ0) is 32.6. The third-order valence-electron chi connectivity index (χ3n) is 14.5. The fraction of sp³-hybridized carbons (Fsp3) is 0.944. The Balaban J connectivity index is 1.37. The highest BCUT2D eigenvalue weighted by molar-refractivity contribution is 5.20. The summed E-state index contributed by atoms with van der Waals surface area (Å²) in [6.07, 6.45) is 3.15. The van der Waals surface area contributed by atoms with Crippen LogP contribution in [0.4, 0.5) is 0 Å². The van der Waals surface area contributed by atoms with Crippen LogP contribution in [0, 0.1) is 45.3 Å². The molecular weight excluding hydrogens is 560 g/mol. The molecule has 4 aliphatic carbocycles. The van der Waals surface area contributed by atoms with Gasteiger partial charge >= 0.3 is 0 Å². The SMILES string of the molecule is CC(C)=CCCC(C)(O)C1CC[C@]2(C)[C@@H]1[C@H](O)C[C@@H]1[C@@]3(C)CC[C@H](O[C@@H]4O[C@H](CO)[C@@H](O)[C@H](O)[C@H]4O)C(C)(C)[C@@H]3CC[C@]12C. The fourth-order valence-corrected chi connectivity index (χ4v) is 11.9. The van der Waals surface area contributed by atoms with Crippen LogP contribution in [0.15, 0.2) is 11.6 Å². The Morgan fingerprint density at radius 3 is 2.18 bits per heavy atom. The monoisotopic (exact) mass is 622 g/mol. The summed E-state index contributed by atoms with van der Waals surface area (Å²) in [4.78, 5) is 0. The molecule has 0 aromatic rings. The van der Waals surface area contributed by atoms with Crippen molar-refractivity contribution in [3.05, 3.63) is 11.6 Å². The number of aliphatic hydroxyl groups is 6. The second kappa shape index (κ2) is 11.8. The van der Waals surface area contributed by atoms with Gasteiger partial charge in [0.15, 0.2) is 6.29 Å². The van der Waals surface area contributed by atoms with Crippen LogP contribution in [-0.2, 0) is 9.47 Å². The van der Waals surface area contributed by atoms with Gasteiger partial charge in [0.25, 0.3) is 0 Å². The van der Waals surface area contributed by atoms with Crippen molar-refractivity contribution < 1.29 is 40.1 Å². The van der Waals surface area contributed by atoms with Gasteiger partial charge in [-0.15, -0.1) is 0 Å². The fourth-order valence-electron chi connectivity index (χ4n) is 11.9. The standard InChI is InChI=1S/C36H62O8/c1-20(2)10-9-14-36(8,42)21-11-16-35(7)27(21)22(38)18-25-33(5)15-13-26(32(3,4)24(33)12-17-34(25,35)6)44-31-30(41)29(40)28(39)23(19-37)43-31/h10,21-31,37-42H,9,11-19H2,1-8H3/t21?,22-,23-,24+,25-,26+,27+,28-,29+,30-,31+,33+,34-,35-,36?/m1/s1. The molecule has 4 saturated carbocycles. The maximum Gasteiger partial charge on any atom is 0.186 e. The highest BCUT2D eigenvalue weighted by Crippen LogP contribution is 2.76. The lowest BCUT2D eigenvalue weighted by Crippen LogP contribution is -2.67. The van der Waals surface area contributed by atoms with Crippen LogP contribution in [0.25, 0.3) is 0 Å². The average molecular weight is 623 g/mol. The van der Waals surface area contributed by atoms with Crippen LogP contribution in [0.1, 0.15) is 113 Å². The summed E-state index contributed by atoms with van der Waals surface area (Å²) in [5.74, 6) is 0.792. The van der Waals surface area contributed by atoms with Crippen molar-refractivity contribution in [2.24, 2.45) is 45.3 Å². The third kappa shape index (κ3) is 5.26. The molecule has 254 valence electrons. The number of hydrogen-bond acceptors (Lipinski definition) is 8. The van der Waals surface area contributed by atoms with Gasteiger partial charge in [-0.25, -0.2) is 0 Å². The minimum absolute atomic E-state index is 0.0231. The summed E-state index contributed by atoms with van der Waals surface area (Å²) in [5.41, 5.74) is 0.122. The maximum absolute atomic E-state index is 12.0. The number of fused-ring (bicyclic) bond motifs is 5. The molecule has 5 rings (SSSR count). The Labute approximate surface area is 265 Å². The van der Waals surface area contributed by atoms with Crippen LogP contribution in [0.3, 0.4) is 0 Å². The van der Waals surface area contributed by atoms with Gasteiger partial charge in [0.05, 0.1) is 24.4 Å².